The Hall–Kier alpha value is -1.92. The maximum Gasteiger partial charge on any atom is 0.200 e. The molecule has 3 heterocycles. The van der Waals surface area contributed by atoms with Crippen LogP contribution < -0.4 is 4.74 Å². The van der Waals surface area contributed by atoms with E-state index in [2.05, 4.69) is 44.9 Å². The molecule has 3 aliphatic heterocycles. The van der Waals surface area contributed by atoms with Crippen molar-refractivity contribution in [3.63, 3.8) is 0 Å². The topological polar surface area (TPSA) is 28.1 Å². The number of fused-ring (bicyclic) bond motifs is 4. The number of hydrazone groups is 1. The zero-order chi connectivity index (χ0) is 20.0. The molecule has 4 nitrogen and oxygen atoms in total. The number of rotatable bonds is 3. The van der Waals surface area contributed by atoms with Gasteiger partial charge < -0.3 is 9.64 Å². The van der Waals surface area contributed by atoms with Crippen molar-refractivity contribution in [1.29, 1.82) is 0 Å². The van der Waals surface area contributed by atoms with E-state index in [0.717, 1.165) is 60.4 Å². The van der Waals surface area contributed by atoms with E-state index in [-0.39, 0.29) is 11.9 Å². The summed E-state index contributed by atoms with van der Waals surface area (Å²) in [7, 11) is 0. The van der Waals surface area contributed by atoms with Gasteiger partial charge in [0.15, 0.2) is 0 Å². The summed E-state index contributed by atoms with van der Waals surface area (Å²) in [6.45, 7) is 5.32. The van der Waals surface area contributed by atoms with Crippen molar-refractivity contribution in [2.45, 2.75) is 44.4 Å². The third kappa shape index (κ3) is 3.26. The summed E-state index contributed by atoms with van der Waals surface area (Å²) in [5.74, 6) is 0.719. The van der Waals surface area contributed by atoms with Crippen LogP contribution in [0.1, 0.15) is 49.8 Å². The quantitative estimate of drug-likeness (QED) is 0.622. The lowest BCUT2D eigenvalue weighted by Crippen LogP contribution is -2.59. The first kappa shape index (κ1) is 19.1. The predicted octanol–water partition coefficient (Wildman–Crippen LogP) is 5.33. The van der Waals surface area contributed by atoms with Crippen LogP contribution in [0.4, 0.5) is 4.39 Å². The van der Waals surface area contributed by atoms with E-state index in [0.29, 0.717) is 12.0 Å². The number of hydrogen-bond donors (Lipinski definition) is 0. The van der Waals surface area contributed by atoms with Crippen molar-refractivity contribution >= 4 is 21.6 Å². The fourth-order valence-corrected chi connectivity index (χ4v) is 5.26. The molecular formula is C23H25BrFN3O. The van der Waals surface area contributed by atoms with Crippen LogP contribution in [0.5, 0.6) is 5.75 Å². The number of nitrogens with zero attached hydrogens (tertiary/aromatic N) is 3. The Morgan fingerprint density at radius 3 is 2.76 bits per heavy atom. The number of hydrogen-bond acceptors (Lipinski definition) is 4. The fraction of sp³-hybridized carbons (Fsp3) is 0.435. The van der Waals surface area contributed by atoms with Gasteiger partial charge in [0.1, 0.15) is 11.6 Å². The molecule has 152 valence electrons. The highest BCUT2D eigenvalue weighted by atomic mass is 79.9. The Morgan fingerprint density at radius 1 is 1.21 bits per heavy atom. The summed E-state index contributed by atoms with van der Waals surface area (Å²) in [6, 6.07) is 13.2. The summed E-state index contributed by atoms with van der Waals surface area (Å²) >= 11 is 3.59. The van der Waals surface area contributed by atoms with E-state index >= 15 is 0 Å². The molecule has 0 aromatic heterocycles. The first-order chi connectivity index (χ1) is 14.1. The summed E-state index contributed by atoms with van der Waals surface area (Å²) in [6.07, 6.45) is 3.64. The Bertz CT molecular complexity index is 955. The third-order valence-electron chi connectivity index (χ3n) is 6.32. The van der Waals surface area contributed by atoms with Gasteiger partial charge in [0.25, 0.3) is 0 Å². The molecule has 0 radical (unpaired) electrons. The zero-order valence-electron chi connectivity index (χ0n) is 16.6. The molecule has 1 fully saturated rings. The molecule has 1 spiro atoms. The molecule has 5 rings (SSSR count). The minimum atomic E-state index is -0.456. The molecule has 2 aromatic rings. The van der Waals surface area contributed by atoms with Gasteiger partial charge in [-0.1, -0.05) is 41.1 Å². The molecule has 2 aromatic carbocycles. The maximum absolute atomic E-state index is 14.5. The molecule has 1 saturated heterocycles. The molecule has 0 N–H and O–H groups in total. The van der Waals surface area contributed by atoms with Gasteiger partial charge in [-0.05, 0) is 37.2 Å². The second-order valence-electron chi connectivity index (χ2n) is 8.16. The normalized spacial score (nSPS) is 22.8. The van der Waals surface area contributed by atoms with E-state index in [1.807, 2.05) is 18.2 Å². The first-order valence-corrected chi connectivity index (χ1v) is 11.2. The van der Waals surface area contributed by atoms with Gasteiger partial charge in [-0.3, -0.25) is 0 Å². The van der Waals surface area contributed by atoms with Crippen molar-refractivity contribution in [2.75, 3.05) is 19.6 Å². The lowest BCUT2D eigenvalue weighted by atomic mass is 9.90. The Balaban J connectivity index is 1.55. The minimum Gasteiger partial charge on any atom is -0.466 e. The number of halogens is 2. The molecule has 3 aliphatic rings. The summed E-state index contributed by atoms with van der Waals surface area (Å²) in [4.78, 5) is 2.50. The predicted molar refractivity (Wildman–Crippen MR) is 116 cm³/mol. The summed E-state index contributed by atoms with van der Waals surface area (Å²) < 4.78 is 22.2. The fourth-order valence-electron chi connectivity index (χ4n) is 4.88. The van der Waals surface area contributed by atoms with E-state index < -0.39 is 5.72 Å². The number of benzene rings is 2. The van der Waals surface area contributed by atoms with Gasteiger partial charge in [-0.25, -0.2) is 9.40 Å². The molecule has 0 amide bonds. The van der Waals surface area contributed by atoms with Crippen LogP contribution in [0.2, 0.25) is 0 Å². The van der Waals surface area contributed by atoms with E-state index in [1.54, 1.807) is 6.07 Å². The molecule has 6 heteroatoms. The van der Waals surface area contributed by atoms with E-state index in [1.165, 1.54) is 6.07 Å². The van der Waals surface area contributed by atoms with E-state index in [4.69, 9.17) is 9.84 Å². The average Bonchev–Trinajstić information content (AvgIpc) is 3.18. The highest BCUT2D eigenvalue weighted by Crippen LogP contribution is 2.50. The smallest absolute Gasteiger partial charge is 0.200 e. The number of piperidine rings is 1. The van der Waals surface area contributed by atoms with Gasteiger partial charge >= 0.3 is 0 Å². The van der Waals surface area contributed by atoms with Gasteiger partial charge in [-0.2, -0.15) is 5.10 Å². The van der Waals surface area contributed by atoms with E-state index in [9.17, 15) is 4.39 Å². The Morgan fingerprint density at radius 2 is 2.00 bits per heavy atom. The van der Waals surface area contributed by atoms with Crippen LogP contribution in [-0.2, 0) is 0 Å². The maximum atomic E-state index is 14.5. The standard InChI is InChI=1S/C23H25BrFN3O/c1-2-11-27-12-9-23(10-13-27)28-21(18-14-16(24)7-8-22(18)29-23)15-20(26-28)17-5-3-4-6-19(17)25/h3-8,14,21H,2,9-13,15H2,1H3/t21-/m1/s1. The average molecular weight is 458 g/mol. The Kier molecular flexibility index (Phi) is 4.87. The highest BCUT2D eigenvalue weighted by molar-refractivity contribution is 9.10. The van der Waals surface area contributed by atoms with Crippen molar-refractivity contribution < 1.29 is 9.13 Å². The summed E-state index contributed by atoms with van der Waals surface area (Å²) in [5, 5.41) is 7.11. The molecule has 0 aliphatic carbocycles. The third-order valence-corrected chi connectivity index (χ3v) is 6.81. The molecule has 1 atom stereocenters. The van der Waals surface area contributed by atoms with Crippen molar-refractivity contribution in [1.82, 2.24) is 9.91 Å². The second-order valence-corrected chi connectivity index (χ2v) is 9.08. The minimum absolute atomic E-state index is 0.0728. The van der Waals surface area contributed by atoms with Crippen LogP contribution in [0.25, 0.3) is 0 Å². The van der Waals surface area contributed by atoms with Gasteiger partial charge in [0.05, 0.1) is 11.8 Å². The SMILES string of the molecule is CCCN1CCC2(CC1)Oc1ccc(Br)cc1[C@H]1CC(c3ccccc3F)=NN12. The lowest BCUT2D eigenvalue weighted by Gasteiger charge is -2.51. The van der Waals surface area contributed by atoms with Crippen LogP contribution >= 0.6 is 15.9 Å². The molecule has 0 unspecified atom stereocenters. The Labute approximate surface area is 179 Å². The van der Waals surface area contributed by atoms with Crippen molar-refractivity contribution in [3.8, 4) is 5.75 Å². The first-order valence-electron chi connectivity index (χ1n) is 10.4. The molecule has 0 saturated carbocycles. The number of ether oxygens (including phenoxy) is 1. The monoisotopic (exact) mass is 457 g/mol. The van der Waals surface area contributed by atoms with Crippen molar-refractivity contribution in [3.05, 3.63) is 63.9 Å². The zero-order valence-corrected chi connectivity index (χ0v) is 18.2. The molecular weight excluding hydrogens is 433 g/mol. The van der Waals surface area contributed by atoms with Gasteiger partial charge in [-0.15, -0.1) is 0 Å². The number of likely N-dealkylation sites (tertiary alicyclic amines) is 1. The summed E-state index contributed by atoms with van der Waals surface area (Å²) in [5.41, 5.74) is 2.07. The van der Waals surface area contributed by atoms with Crippen LogP contribution in [0, 0.1) is 5.82 Å². The highest BCUT2D eigenvalue weighted by Gasteiger charge is 2.51. The van der Waals surface area contributed by atoms with Crippen LogP contribution in [0.3, 0.4) is 0 Å². The lowest BCUT2D eigenvalue weighted by molar-refractivity contribution is -0.149. The van der Waals surface area contributed by atoms with Crippen molar-refractivity contribution in [2.24, 2.45) is 5.10 Å². The molecule has 29 heavy (non-hydrogen) atoms. The largest absolute Gasteiger partial charge is 0.466 e. The van der Waals surface area contributed by atoms with Gasteiger partial charge in [0.2, 0.25) is 5.72 Å². The van der Waals surface area contributed by atoms with Crippen LogP contribution in [-0.4, -0.2) is 41.0 Å². The van der Waals surface area contributed by atoms with Crippen LogP contribution in [0.15, 0.2) is 52.0 Å². The van der Waals surface area contributed by atoms with Gasteiger partial charge in [0, 0.05) is 48.0 Å². The molecule has 0 bridgehead atoms. The second kappa shape index (κ2) is 7.40.